The second-order valence-electron chi connectivity index (χ2n) is 4.60. The van der Waals surface area contributed by atoms with E-state index in [9.17, 15) is 13.2 Å². The zero-order valence-electron chi connectivity index (χ0n) is 12.2. The third-order valence-electron chi connectivity index (χ3n) is 3.02. The molecule has 0 unspecified atom stereocenters. The van der Waals surface area contributed by atoms with Crippen molar-refractivity contribution in [2.45, 2.75) is 11.8 Å². The summed E-state index contributed by atoms with van der Waals surface area (Å²) in [5, 5.41) is 0. The minimum absolute atomic E-state index is 0.102. The Morgan fingerprint density at radius 2 is 1.73 bits per heavy atom. The summed E-state index contributed by atoms with van der Waals surface area (Å²) in [6.07, 6.45) is 1.15. The monoisotopic (exact) mass is 317 g/mol. The predicted octanol–water partition coefficient (Wildman–Crippen LogP) is 2.59. The number of methoxy groups -OCH3 is 1. The Balaban J connectivity index is 2.36. The quantitative estimate of drug-likeness (QED) is 0.642. The Kier molecular flexibility index (Phi) is 4.72. The summed E-state index contributed by atoms with van der Waals surface area (Å²) < 4.78 is 32.6. The highest BCUT2D eigenvalue weighted by atomic mass is 32.2. The SMILES string of the molecule is COC(=O)c1ccccc1C=NS(=O)(=O)c1ccc(C)cc1. The van der Waals surface area contributed by atoms with Gasteiger partial charge in [-0.15, -0.1) is 0 Å². The molecule has 2 rings (SSSR count). The fourth-order valence-electron chi connectivity index (χ4n) is 1.80. The maximum atomic E-state index is 12.2. The van der Waals surface area contributed by atoms with Crippen molar-refractivity contribution < 1.29 is 17.9 Å². The molecule has 0 saturated carbocycles. The van der Waals surface area contributed by atoms with Gasteiger partial charge in [0.2, 0.25) is 0 Å². The standard InChI is InChI=1S/C16H15NO4S/c1-12-7-9-14(10-8-12)22(19,20)17-11-13-5-3-4-6-15(13)16(18)21-2/h3-11H,1-2H3. The van der Waals surface area contributed by atoms with Gasteiger partial charge >= 0.3 is 5.97 Å². The van der Waals surface area contributed by atoms with Gasteiger partial charge in [0, 0.05) is 11.8 Å². The minimum Gasteiger partial charge on any atom is -0.465 e. The lowest BCUT2D eigenvalue weighted by atomic mass is 10.1. The van der Waals surface area contributed by atoms with E-state index in [1.54, 1.807) is 36.4 Å². The molecule has 0 aliphatic carbocycles. The number of carbonyl (C=O) groups is 1. The van der Waals surface area contributed by atoms with Gasteiger partial charge in [0.1, 0.15) is 0 Å². The van der Waals surface area contributed by atoms with Gasteiger partial charge in [-0.25, -0.2) is 4.79 Å². The lowest BCUT2D eigenvalue weighted by molar-refractivity contribution is 0.0600. The second-order valence-corrected chi connectivity index (χ2v) is 6.23. The van der Waals surface area contributed by atoms with Gasteiger partial charge in [0.25, 0.3) is 10.0 Å². The van der Waals surface area contributed by atoms with Crippen LogP contribution in [0.1, 0.15) is 21.5 Å². The van der Waals surface area contributed by atoms with Gasteiger partial charge < -0.3 is 4.74 Å². The molecule has 6 heteroatoms. The molecule has 0 fully saturated rings. The zero-order valence-corrected chi connectivity index (χ0v) is 13.0. The summed E-state index contributed by atoms with van der Waals surface area (Å²) in [6.45, 7) is 1.87. The molecule has 0 aliphatic rings. The Hall–Kier alpha value is -2.47. The number of benzene rings is 2. The van der Waals surface area contributed by atoms with Crippen LogP contribution in [0.15, 0.2) is 57.8 Å². The van der Waals surface area contributed by atoms with E-state index in [4.69, 9.17) is 0 Å². The third kappa shape index (κ3) is 3.59. The van der Waals surface area contributed by atoms with E-state index in [1.807, 2.05) is 6.92 Å². The number of ether oxygens (including phenoxy) is 1. The number of esters is 1. The summed E-state index contributed by atoms with van der Waals surface area (Å²) >= 11 is 0. The molecule has 0 amide bonds. The van der Waals surface area contributed by atoms with Crippen LogP contribution in [0.2, 0.25) is 0 Å². The summed E-state index contributed by atoms with van der Waals surface area (Å²) in [5.41, 5.74) is 1.59. The Morgan fingerprint density at radius 1 is 1.09 bits per heavy atom. The molecule has 0 N–H and O–H groups in total. The maximum absolute atomic E-state index is 12.2. The Morgan fingerprint density at radius 3 is 2.36 bits per heavy atom. The van der Waals surface area contributed by atoms with Gasteiger partial charge in [-0.1, -0.05) is 35.9 Å². The second kappa shape index (κ2) is 6.53. The molecular formula is C16H15NO4S. The molecule has 0 atom stereocenters. The van der Waals surface area contributed by atoms with Gasteiger partial charge in [-0.3, -0.25) is 0 Å². The minimum atomic E-state index is -3.81. The molecular weight excluding hydrogens is 302 g/mol. The van der Waals surface area contributed by atoms with Crippen molar-refractivity contribution >= 4 is 22.2 Å². The van der Waals surface area contributed by atoms with Crippen LogP contribution in [-0.4, -0.2) is 27.7 Å². The predicted molar refractivity (Wildman–Crippen MR) is 83.7 cm³/mol. The van der Waals surface area contributed by atoms with Crippen LogP contribution in [0.4, 0.5) is 0 Å². The first-order valence-electron chi connectivity index (χ1n) is 6.48. The number of nitrogens with zero attached hydrogens (tertiary/aromatic N) is 1. The topological polar surface area (TPSA) is 72.8 Å². The van der Waals surface area contributed by atoms with Crippen molar-refractivity contribution in [2.24, 2.45) is 4.40 Å². The van der Waals surface area contributed by atoms with E-state index in [1.165, 1.54) is 19.2 Å². The fraction of sp³-hybridized carbons (Fsp3) is 0.125. The van der Waals surface area contributed by atoms with Gasteiger partial charge in [0.05, 0.1) is 17.6 Å². The summed E-state index contributed by atoms with van der Waals surface area (Å²) in [6, 6.07) is 12.9. The van der Waals surface area contributed by atoms with E-state index in [0.29, 0.717) is 5.56 Å². The van der Waals surface area contributed by atoms with Crippen molar-refractivity contribution in [3.8, 4) is 0 Å². The van der Waals surface area contributed by atoms with Crippen molar-refractivity contribution in [3.63, 3.8) is 0 Å². The molecule has 2 aromatic carbocycles. The first-order valence-corrected chi connectivity index (χ1v) is 7.92. The van der Waals surface area contributed by atoms with E-state index in [0.717, 1.165) is 11.8 Å². The average molecular weight is 317 g/mol. The largest absolute Gasteiger partial charge is 0.465 e. The van der Waals surface area contributed by atoms with Crippen LogP contribution in [0.3, 0.4) is 0 Å². The smallest absolute Gasteiger partial charge is 0.338 e. The molecule has 0 radical (unpaired) electrons. The van der Waals surface area contributed by atoms with Crippen molar-refractivity contribution in [1.29, 1.82) is 0 Å². The van der Waals surface area contributed by atoms with E-state index in [-0.39, 0.29) is 10.5 Å². The maximum Gasteiger partial charge on any atom is 0.338 e. The normalized spacial score (nSPS) is 11.5. The first kappa shape index (κ1) is 15.9. The van der Waals surface area contributed by atoms with Crippen molar-refractivity contribution in [3.05, 3.63) is 65.2 Å². The van der Waals surface area contributed by atoms with Crippen molar-refractivity contribution in [1.82, 2.24) is 0 Å². The molecule has 114 valence electrons. The molecule has 0 aliphatic heterocycles. The Bertz CT molecular complexity index is 808. The summed E-state index contributed by atoms with van der Waals surface area (Å²) in [7, 11) is -2.54. The summed E-state index contributed by atoms with van der Waals surface area (Å²) in [5.74, 6) is -0.546. The molecule has 0 spiro atoms. The number of hydrogen-bond donors (Lipinski definition) is 0. The molecule has 0 aromatic heterocycles. The van der Waals surface area contributed by atoms with Gasteiger partial charge in [-0.05, 0) is 25.1 Å². The van der Waals surface area contributed by atoms with Crippen molar-refractivity contribution in [2.75, 3.05) is 7.11 Å². The highest BCUT2D eigenvalue weighted by Crippen LogP contribution is 2.14. The van der Waals surface area contributed by atoms with E-state index >= 15 is 0 Å². The lowest BCUT2D eigenvalue weighted by Crippen LogP contribution is -2.06. The highest BCUT2D eigenvalue weighted by molar-refractivity contribution is 7.90. The van der Waals surface area contributed by atoms with E-state index in [2.05, 4.69) is 9.13 Å². The van der Waals surface area contributed by atoms with E-state index < -0.39 is 16.0 Å². The Labute approximate surface area is 129 Å². The summed E-state index contributed by atoms with van der Waals surface area (Å²) in [4.78, 5) is 11.7. The molecule has 0 heterocycles. The van der Waals surface area contributed by atoms with Crippen LogP contribution < -0.4 is 0 Å². The van der Waals surface area contributed by atoms with Gasteiger partial charge in [0.15, 0.2) is 0 Å². The van der Waals surface area contributed by atoms with Crippen LogP contribution in [-0.2, 0) is 14.8 Å². The lowest BCUT2D eigenvalue weighted by Gasteiger charge is -2.03. The van der Waals surface area contributed by atoms with Gasteiger partial charge in [-0.2, -0.15) is 12.8 Å². The molecule has 22 heavy (non-hydrogen) atoms. The molecule has 0 saturated heterocycles. The fourth-order valence-corrected chi connectivity index (χ4v) is 2.66. The zero-order chi connectivity index (χ0) is 16.2. The third-order valence-corrected chi connectivity index (χ3v) is 4.27. The molecule has 2 aromatic rings. The molecule has 0 bridgehead atoms. The number of rotatable bonds is 4. The van der Waals surface area contributed by atoms with Crippen LogP contribution in [0.25, 0.3) is 0 Å². The number of aryl methyl sites for hydroxylation is 1. The van der Waals surface area contributed by atoms with Crippen LogP contribution >= 0.6 is 0 Å². The first-order chi connectivity index (χ1) is 10.4. The average Bonchev–Trinajstić information content (AvgIpc) is 2.53. The van der Waals surface area contributed by atoms with Crippen LogP contribution in [0.5, 0.6) is 0 Å². The highest BCUT2D eigenvalue weighted by Gasteiger charge is 2.13. The molecule has 5 nitrogen and oxygen atoms in total. The van der Waals surface area contributed by atoms with Crippen LogP contribution in [0, 0.1) is 6.92 Å². The number of sulfonamides is 1. The number of hydrogen-bond acceptors (Lipinski definition) is 4. The number of carbonyl (C=O) groups excluding carboxylic acids is 1.